The quantitative estimate of drug-likeness (QED) is 0.758. The van der Waals surface area contributed by atoms with E-state index in [2.05, 4.69) is 15.9 Å². The lowest BCUT2D eigenvalue weighted by Crippen LogP contribution is -2.53. The molecule has 0 saturated heterocycles. The van der Waals surface area contributed by atoms with Crippen molar-refractivity contribution in [2.75, 3.05) is 0 Å². The zero-order valence-electron chi connectivity index (χ0n) is 9.32. The van der Waals surface area contributed by atoms with Crippen LogP contribution in [0.5, 0.6) is 0 Å². The molecule has 0 aromatic carbocycles. The second-order valence-corrected chi connectivity index (χ2v) is 4.94. The number of ketones is 1. The van der Waals surface area contributed by atoms with E-state index >= 15 is 0 Å². The highest BCUT2D eigenvalue weighted by Crippen LogP contribution is 2.36. The van der Waals surface area contributed by atoms with Crippen LogP contribution < -0.4 is 11.5 Å². The number of carbonyl (C=O) groups excluding carboxylic acids is 2. The summed E-state index contributed by atoms with van der Waals surface area (Å²) in [4.78, 5) is 22.5. The van der Waals surface area contributed by atoms with Crippen LogP contribution in [-0.2, 0) is 9.59 Å². The first-order chi connectivity index (χ1) is 7.85. The largest absolute Gasteiger partial charge is 0.399 e. The van der Waals surface area contributed by atoms with Crippen molar-refractivity contribution in [1.82, 2.24) is 0 Å². The van der Waals surface area contributed by atoms with Gasteiger partial charge in [-0.15, -0.1) is 0 Å². The fourth-order valence-electron chi connectivity index (χ4n) is 1.70. The maximum atomic E-state index is 14.8. The van der Waals surface area contributed by atoms with Crippen LogP contribution in [-0.4, -0.2) is 22.2 Å². The van der Waals surface area contributed by atoms with Crippen LogP contribution in [0.2, 0.25) is 0 Å². The number of Topliss-reactive ketones (excluding diaryl/α,β-unsaturated/α-hetero) is 1. The first-order valence-electron chi connectivity index (χ1n) is 5.16. The van der Waals surface area contributed by atoms with Gasteiger partial charge in [0.1, 0.15) is 5.92 Å². The molecule has 1 amide bonds. The van der Waals surface area contributed by atoms with Crippen molar-refractivity contribution in [2.24, 2.45) is 17.4 Å². The lowest BCUT2D eigenvalue weighted by Gasteiger charge is -2.32. The third kappa shape index (κ3) is 2.26. The Morgan fingerprint density at radius 2 is 2.24 bits per heavy atom. The van der Waals surface area contributed by atoms with Gasteiger partial charge in [0.2, 0.25) is 11.6 Å². The third-order valence-corrected chi connectivity index (χ3v) is 3.80. The highest BCUT2D eigenvalue weighted by molar-refractivity contribution is 9.10. The number of carbonyl (C=O) groups is 2. The van der Waals surface area contributed by atoms with Crippen molar-refractivity contribution < 1.29 is 14.0 Å². The molecule has 0 aromatic rings. The van der Waals surface area contributed by atoms with Crippen LogP contribution in [0.3, 0.4) is 0 Å². The second-order valence-electron chi connectivity index (χ2n) is 3.84. The van der Waals surface area contributed by atoms with Gasteiger partial charge in [0.25, 0.3) is 0 Å². The Morgan fingerprint density at radius 1 is 1.65 bits per heavy atom. The molecule has 1 rings (SSSR count). The van der Waals surface area contributed by atoms with Crippen molar-refractivity contribution in [1.29, 1.82) is 0 Å². The van der Waals surface area contributed by atoms with Gasteiger partial charge in [-0.2, -0.15) is 0 Å². The van der Waals surface area contributed by atoms with E-state index in [0.29, 0.717) is 6.42 Å². The molecule has 0 heterocycles. The zero-order chi connectivity index (χ0) is 13.2. The molecule has 0 aromatic heterocycles. The normalized spacial score (nSPS) is 29.6. The Morgan fingerprint density at radius 3 is 2.71 bits per heavy atom. The molecule has 0 bridgehead atoms. The summed E-state index contributed by atoms with van der Waals surface area (Å²) < 4.78 is 14.8. The Bertz CT molecular complexity index is 408. The van der Waals surface area contributed by atoms with Gasteiger partial charge < -0.3 is 11.5 Å². The molecule has 0 aliphatic heterocycles. The summed E-state index contributed by atoms with van der Waals surface area (Å²) in [6.45, 7) is 1.72. The molecule has 94 valence electrons. The molecular weight excluding hydrogens is 291 g/mol. The summed E-state index contributed by atoms with van der Waals surface area (Å²) in [5.41, 5.74) is 7.79. The number of hydrogen-bond donors (Lipinski definition) is 2. The molecule has 0 radical (unpaired) electrons. The van der Waals surface area contributed by atoms with E-state index in [1.165, 1.54) is 18.2 Å². The monoisotopic (exact) mass is 304 g/mol. The van der Waals surface area contributed by atoms with Crippen molar-refractivity contribution in [3.63, 3.8) is 0 Å². The number of allylic oxidation sites excluding steroid dienone is 3. The van der Waals surface area contributed by atoms with Gasteiger partial charge in [-0.1, -0.05) is 35.0 Å². The number of nitrogens with two attached hydrogens (primary N) is 2. The molecule has 6 heteroatoms. The average Bonchev–Trinajstić information content (AvgIpc) is 2.30. The summed E-state index contributed by atoms with van der Waals surface area (Å²) in [6.07, 6.45) is 4.34. The van der Waals surface area contributed by atoms with E-state index in [0.717, 1.165) is 0 Å². The maximum absolute atomic E-state index is 14.8. The van der Waals surface area contributed by atoms with Gasteiger partial charge >= 0.3 is 0 Å². The van der Waals surface area contributed by atoms with Crippen molar-refractivity contribution in [2.45, 2.75) is 23.8 Å². The van der Waals surface area contributed by atoms with Crippen molar-refractivity contribution in [3.05, 3.63) is 23.9 Å². The van der Waals surface area contributed by atoms with Gasteiger partial charge in [-0.05, 0) is 12.5 Å². The predicted octanol–water partition coefficient (Wildman–Crippen LogP) is 0.951. The first-order valence-corrected chi connectivity index (χ1v) is 6.08. The fourth-order valence-corrected chi connectivity index (χ4v) is 2.04. The van der Waals surface area contributed by atoms with Gasteiger partial charge in [0.05, 0.1) is 10.5 Å². The second kappa shape index (κ2) is 5.00. The topological polar surface area (TPSA) is 86.2 Å². The highest BCUT2D eigenvalue weighted by Gasteiger charge is 2.52. The van der Waals surface area contributed by atoms with Gasteiger partial charge in [0.15, 0.2) is 5.78 Å². The van der Waals surface area contributed by atoms with Crippen LogP contribution in [0.1, 0.15) is 13.3 Å². The zero-order valence-corrected chi connectivity index (χ0v) is 10.9. The summed E-state index contributed by atoms with van der Waals surface area (Å²) in [7, 11) is 0. The van der Waals surface area contributed by atoms with E-state index in [9.17, 15) is 14.0 Å². The fraction of sp³-hybridized carbons (Fsp3) is 0.455. The summed E-state index contributed by atoms with van der Waals surface area (Å²) in [6, 6.07) is 0. The van der Waals surface area contributed by atoms with E-state index in [1.54, 1.807) is 6.92 Å². The predicted molar refractivity (Wildman–Crippen MR) is 65.9 cm³/mol. The SMILES string of the molecule is CCC(Br)C(=O)C1(F)C(N)=CC=CC1C(N)=O. The molecule has 3 unspecified atom stereocenters. The van der Waals surface area contributed by atoms with Gasteiger partial charge in [0, 0.05) is 0 Å². The van der Waals surface area contributed by atoms with Crippen LogP contribution in [0.25, 0.3) is 0 Å². The van der Waals surface area contributed by atoms with Crippen LogP contribution >= 0.6 is 15.9 Å². The molecule has 0 spiro atoms. The highest BCUT2D eigenvalue weighted by atomic mass is 79.9. The minimum atomic E-state index is -2.55. The van der Waals surface area contributed by atoms with Crippen LogP contribution in [0.15, 0.2) is 23.9 Å². The standard InChI is InChI=1S/C11H14BrFN2O2/c1-2-7(12)9(16)11(13)6(10(15)17)4-3-5-8(11)14/h3-7H,2,14H2,1H3,(H2,15,17). The molecular formula is C11H14BrFN2O2. The van der Waals surface area contributed by atoms with Crippen molar-refractivity contribution in [3.8, 4) is 0 Å². The van der Waals surface area contributed by atoms with E-state index in [1.807, 2.05) is 0 Å². The summed E-state index contributed by atoms with van der Waals surface area (Å²) in [5, 5.41) is 0. The molecule has 17 heavy (non-hydrogen) atoms. The third-order valence-electron chi connectivity index (χ3n) is 2.74. The average molecular weight is 305 g/mol. The number of alkyl halides is 2. The van der Waals surface area contributed by atoms with E-state index in [4.69, 9.17) is 11.5 Å². The molecule has 3 atom stereocenters. The molecule has 0 fully saturated rings. The lowest BCUT2D eigenvalue weighted by atomic mass is 9.78. The number of halogens is 2. The van der Waals surface area contributed by atoms with Gasteiger partial charge in [-0.25, -0.2) is 4.39 Å². The van der Waals surface area contributed by atoms with Crippen LogP contribution in [0, 0.1) is 5.92 Å². The Labute approximate surface area is 107 Å². The Balaban J connectivity index is 3.20. The Kier molecular flexibility index (Phi) is 4.08. The lowest BCUT2D eigenvalue weighted by molar-refractivity contribution is -0.136. The van der Waals surface area contributed by atoms with E-state index < -0.39 is 28.1 Å². The minimum Gasteiger partial charge on any atom is -0.399 e. The first kappa shape index (κ1) is 13.9. The summed E-state index contributed by atoms with van der Waals surface area (Å²) in [5.74, 6) is -3.04. The summed E-state index contributed by atoms with van der Waals surface area (Å²) >= 11 is 3.07. The smallest absolute Gasteiger partial charge is 0.228 e. The maximum Gasteiger partial charge on any atom is 0.228 e. The van der Waals surface area contributed by atoms with E-state index in [-0.39, 0.29) is 5.70 Å². The number of rotatable bonds is 4. The molecule has 1 aliphatic carbocycles. The molecule has 0 saturated carbocycles. The van der Waals surface area contributed by atoms with Crippen LogP contribution in [0.4, 0.5) is 4.39 Å². The molecule has 1 aliphatic rings. The number of amides is 1. The Hall–Kier alpha value is -1.17. The van der Waals surface area contributed by atoms with Gasteiger partial charge in [-0.3, -0.25) is 9.59 Å². The number of hydrogen-bond acceptors (Lipinski definition) is 3. The molecule has 4 nitrogen and oxygen atoms in total. The number of primary amides is 1. The van der Waals surface area contributed by atoms with Crippen molar-refractivity contribution >= 4 is 27.6 Å². The minimum absolute atomic E-state index is 0.285. The molecule has 4 N–H and O–H groups in total.